The fourth-order valence-corrected chi connectivity index (χ4v) is 4.85. The van der Waals surface area contributed by atoms with Crippen LogP contribution < -0.4 is 0 Å². The van der Waals surface area contributed by atoms with E-state index in [2.05, 4.69) is 53.2 Å². The van der Waals surface area contributed by atoms with Crippen LogP contribution in [0.25, 0.3) is 11.0 Å². The molecule has 1 fully saturated rings. The predicted octanol–water partition coefficient (Wildman–Crippen LogP) is 5.00. The number of hydrogen-bond acceptors (Lipinski definition) is 3. The predicted molar refractivity (Wildman–Crippen MR) is 110 cm³/mol. The van der Waals surface area contributed by atoms with E-state index in [0.29, 0.717) is 5.92 Å². The van der Waals surface area contributed by atoms with Crippen LogP contribution in [-0.2, 0) is 13.1 Å². The van der Waals surface area contributed by atoms with Crippen LogP contribution in [0.3, 0.4) is 0 Å². The summed E-state index contributed by atoms with van der Waals surface area (Å²) in [5.41, 5.74) is 6.79. The summed E-state index contributed by atoms with van der Waals surface area (Å²) in [6.45, 7) is 5.71. The van der Waals surface area contributed by atoms with Gasteiger partial charge < -0.3 is 9.32 Å². The average Bonchev–Trinajstić information content (AvgIpc) is 3.15. The number of likely N-dealkylation sites (N-methyl/N-ethyl adjacent to an activating group) is 1. The Bertz CT molecular complexity index is 938. The van der Waals surface area contributed by atoms with E-state index >= 15 is 0 Å². The summed E-state index contributed by atoms with van der Waals surface area (Å²) >= 11 is 0. The molecule has 2 aliphatic rings. The van der Waals surface area contributed by atoms with Crippen molar-refractivity contribution in [3.05, 3.63) is 71.0 Å². The number of likely N-dealkylation sites (tertiary alicyclic amines) is 1. The zero-order chi connectivity index (χ0) is 18.2. The smallest absolute Gasteiger partial charge is 0.134 e. The number of rotatable bonds is 3. The monoisotopic (exact) mass is 360 g/mol. The molecule has 0 N–H and O–H groups in total. The molecule has 3 heteroatoms. The van der Waals surface area contributed by atoms with Crippen molar-refractivity contribution in [2.75, 3.05) is 26.7 Å². The van der Waals surface area contributed by atoms with Crippen molar-refractivity contribution < 1.29 is 4.42 Å². The Kier molecular flexibility index (Phi) is 4.50. The summed E-state index contributed by atoms with van der Waals surface area (Å²) < 4.78 is 5.65. The first-order valence-electron chi connectivity index (χ1n) is 10.3. The van der Waals surface area contributed by atoms with E-state index in [9.17, 15) is 0 Å². The van der Waals surface area contributed by atoms with Crippen LogP contribution in [0.2, 0.25) is 0 Å². The quantitative estimate of drug-likeness (QED) is 0.656. The number of hydrogen-bond donors (Lipinski definition) is 0. The summed E-state index contributed by atoms with van der Waals surface area (Å²) in [5, 5.41) is 1.18. The van der Waals surface area contributed by atoms with Gasteiger partial charge in [-0.1, -0.05) is 36.8 Å². The number of benzene rings is 2. The molecule has 2 aliphatic heterocycles. The van der Waals surface area contributed by atoms with Crippen molar-refractivity contribution in [2.24, 2.45) is 0 Å². The molecule has 0 spiro atoms. The van der Waals surface area contributed by atoms with Crippen LogP contribution in [0, 0.1) is 0 Å². The highest BCUT2D eigenvalue weighted by atomic mass is 16.3. The Morgan fingerprint density at radius 3 is 2.78 bits per heavy atom. The molecule has 27 heavy (non-hydrogen) atoms. The van der Waals surface area contributed by atoms with E-state index in [1.807, 2.05) is 6.07 Å². The summed E-state index contributed by atoms with van der Waals surface area (Å²) in [5.74, 6) is 0.414. The average molecular weight is 361 g/mol. The molecule has 0 radical (unpaired) electrons. The van der Waals surface area contributed by atoms with Gasteiger partial charge in [0.2, 0.25) is 0 Å². The molecule has 0 bridgehead atoms. The topological polar surface area (TPSA) is 19.6 Å². The highest BCUT2D eigenvalue weighted by molar-refractivity contribution is 5.78. The SMILES string of the molecule is CN1Cc2cc(CN3CCCCC3)ccc2C(c2ccc3ccoc3c2)C1. The maximum Gasteiger partial charge on any atom is 0.134 e. The highest BCUT2D eigenvalue weighted by Gasteiger charge is 2.25. The van der Waals surface area contributed by atoms with Crippen molar-refractivity contribution in [1.82, 2.24) is 9.80 Å². The molecule has 3 aromatic rings. The lowest BCUT2D eigenvalue weighted by Gasteiger charge is -2.33. The summed E-state index contributed by atoms with van der Waals surface area (Å²) in [7, 11) is 2.23. The first-order valence-corrected chi connectivity index (χ1v) is 10.3. The molecule has 0 saturated carbocycles. The van der Waals surface area contributed by atoms with Gasteiger partial charge in [-0.2, -0.15) is 0 Å². The van der Waals surface area contributed by atoms with Gasteiger partial charge in [0.25, 0.3) is 0 Å². The van der Waals surface area contributed by atoms with E-state index in [1.165, 1.54) is 60.0 Å². The minimum Gasteiger partial charge on any atom is -0.464 e. The molecule has 1 unspecified atom stereocenters. The van der Waals surface area contributed by atoms with Gasteiger partial charge in [-0.05, 0) is 67.4 Å². The molecule has 140 valence electrons. The highest BCUT2D eigenvalue weighted by Crippen LogP contribution is 2.35. The molecule has 1 saturated heterocycles. The van der Waals surface area contributed by atoms with Gasteiger partial charge >= 0.3 is 0 Å². The van der Waals surface area contributed by atoms with E-state index in [1.54, 1.807) is 6.26 Å². The maximum atomic E-state index is 5.65. The maximum absolute atomic E-state index is 5.65. The molecule has 3 heterocycles. The first-order chi connectivity index (χ1) is 13.3. The molecule has 3 nitrogen and oxygen atoms in total. The Morgan fingerprint density at radius 1 is 1.00 bits per heavy atom. The molecule has 0 aliphatic carbocycles. The van der Waals surface area contributed by atoms with Gasteiger partial charge in [-0.15, -0.1) is 0 Å². The molecule has 1 aromatic heterocycles. The molecule has 1 atom stereocenters. The zero-order valence-corrected chi connectivity index (χ0v) is 16.2. The third kappa shape index (κ3) is 3.42. The fourth-order valence-electron chi connectivity index (χ4n) is 4.85. The van der Waals surface area contributed by atoms with Crippen LogP contribution in [0.15, 0.2) is 53.1 Å². The summed E-state index contributed by atoms with van der Waals surface area (Å²) in [4.78, 5) is 5.06. The van der Waals surface area contributed by atoms with Crippen molar-refractivity contribution in [2.45, 2.75) is 38.3 Å². The van der Waals surface area contributed by atoms with E-state index in [-0.39, 0.29) is 0 Å². The third-order valence-electron chi connectivity index (χ3n) is 6.25. The summed E-state index contributed by atoms with van der Waals surface area (Å²) in [6, 6.07) is 15.9. The van der Waals surface area contributed by atoms with Gasteiger partial charge in [0.1, 0.15) is 5.58 Å². The minimum absolute atomic E-state index is 0.414. The fraction of sp³-hybridized carbons (Fsp3) is 0.417. The van der Waals surface area contributed by atoms with Crippen LogP contribution >= 0.6 is 0 Å². The Labute approximate surface area is 161 Å². The normalized spacial score (nSPS) is 21.4. The lowest BCUT2D eigenvalue weighted by molar-refractivity contribution is 0.220. The van der Waals surface area contributed by atoms with Gasteiger partial charge in [-0.3, -0.25) is 4.90 Å². The van der Waals surface area contributed by atoms with Crippen molar-refractivity contribution >= 4 is 11.0 Å². The molecular formula is C24H28N2O. The van der Waals surface area contributed by atoms with Gasteiger partial charge in [0.05, 0.1) is 6.26 Å². The van der Waals surface area contributed by atoms with Crippen LogP contribution in [-0.4, -0.2) is 36.5 Å². The van der Waals surface area contributed by atoms with Crippen molar-refractivity contribution in [1.29, 1.82) is 0 Å². The molecule has 5 rings (SSSR count). The summed E-state index contributed by atoms with van der Waals surface area (Å²) in [6.07, 6.45) is 5.88. The van der Waals surface area contributed by atoms with E-state index in [4.69, 9.17) is 4.42 Å². The number of furan rings is 1. The van der Waals surface area contributed by atoms with Gasteiger partial charge in [0.15, 0.2) is 0 Å². The standard InChI is InChI=1S/C24H28N2O/c1-25-16-21-13-18(15-26-10-3-2-4-11-26)5-8-22(21)23(17-25)20-7-6-19-9-12-27-24(19)14-20/h5-9,12-14,23H,2-4,10-11,15-17H2,1H3. The second-order valence-corrected chi connectivity index (χ2v) is 8.34. The number of nitrogens with zero attached hydrogens (tertiary/aromatic N) is 2. The largest absolute Gasteiger partial charge is 0.464 e. The first kappa shape index (κ1) is 17.0. The second-order valence-electron chi connectivity index (χ2n) is 8.34. The molecule has 0 amide bonds. The zero-order valence-electron chi connectivity index (χ0n) is 16.2. The van der Waals surface area contributed by atoms with Gasteiger partial charge in [-0.25, -0.2) is 0 Å². The third-order valence-corrected chi connectivity index (χ3v) is 6.25. The van der Waals surface area contributed by atoms with Crippen molar-refractivity contribution in [3.63, 3.8) is 0 Å². The Hall–Kier alpha value is -2.10. The minimum atomic E-state index is 0.414. The number of piperidine rings is 1. The molecule has 2 aromatic carbocycles. The lowest BCUT2D eigenvalue weighted by atomic mass is 9.84. The number of fused-ring (bicyclic) bond motifs is 2. The van der Waals surface area contributed by atoms with Crippen molar-refractivity contribution in [3.8, 4) is 0 Å². The van der Waals surface area contributed by atoms with Gasteiger partial charge in [0, 0.05) is 30.9 Å². The Morgan fingerprint density at radius 2 is 1.89 bits per heavy atom. The van der Waals surface area contributed by atoms with E-state index < -0.39 is 0 Å². The van der Waals surface area contributed by atoms with Crippen LogP contribution in [0.4, 0.5) is 0 Å². The van der Waals surface area contributed by atoms with E-state index in [0.717, 1.165) is 25.2 Å². The van der Waals surface area contributed by atoms with Crippen LogP contribution in [0.5, 0.6) is 0 Å². The molecular weight excluding hydrogens is 332 g/mol. The lowest BCUT2D eigenvalue weighted by Crippen LogP contribution is -2.32. The second kappa shape index (κ2) is 7.14. The van der Waals surface area contributed by atoms with Crippen LogP contribution in [0.1, 0.15) is 47.4 Å². The Balaban J connectivity index is 1.45.